The number of benzene rings is 1. The molecule has 0 bridgehead atoms. The SMILES string of the molecule is CC(=O)c1ccc2c(c1)N(CC(=O)OCCC(C)C)C(=O)CO2. The van der Waals surface area contributed by atoms with E-state index in [-0.39, 0.29) is 24.8 Å². The van der Waals surface area contributed by atoms with Gasteiger partial charge in [-0.15, -0.1) is 0 Å². The smallest absolute Gasteiger partial charge is 0.326 e. The van der Waals surface area contributed by atoms with Gasteiger partial charge in [0, 0.05) is 5.56 Å². The van der Waals surface area contributed by atoms with E-state index in [2.05, 4.69) is 0 Å². The van der Waals surface area contributed by atoms with E-state index in [1.54, 1.807) is 18.2 Å². The van der Waals surface area contributed by atoms with Crippen LogP contribution < -0.4 is 9.64 Å². The number of ether oxygens (including phenoxy) is 2. The fourth-order valence-corrected chi connectivity index (χ4v) is 2.18. The molecule has 124 valence electrons. The number of hydrogen-bond acceptors (Lipinski definition) is 5. The number of fused-ring (bicyclic) bond motifs is 1. The Hall–Kier alpha value is -2.37. The Bertz CT molecular complexity index is 623. The molecule has 0 unspecified atom stereocenters. The summed E-state index contributed by atoms with van der Waals surface area (Å²) in [7, 11) is 0. The number of esters is 1. The molecule has 1 aliphatic heterocycles. The van der Waals surface area contributed by atoms with Gasteiger partial charge in [0.15, 0.2) is 12.4 Å². The third kappa shape index (κ3) is 4.31. The predicted octanol–water partition coefficient (Wildman–Crippen LogP) is 2.20. The van der Waals surface area contributed by atoms with Crippen LogP contribution in [0.25, 0.3) is 0 Å². The van der Waals surface area contributed by atoms with Crippen molar-refractivity contribution >= 4 is 23.3 Å². The number of anilines is 1. The van der Waals surface area contributed by atoms with Crippen LogP contribution in [0, 0.1) is 5.92 Å². The monoisotopic (exact) mass is 319 g/mol. The molecule has 0 aliphatic carbocycles. The third-order valence-electron chi connectivity index (χ3n) is 3.55. The summed E-state index contributed by atoms with van der Waals surface area (Å²) in [6.07, 6.45) is 0.772. The number of carbonyl (C=O) groups is 3. The van der Waals surface area contributed by atoms with Crippen LogP contribution in [0.2, 0.25) is 0 Å². The van der Waals surface area contributed by atoms with Crippen molar-refractivity contribution in [2.45, 2.75) is 27.2 Å². The van der Waals surface area contributed by atoms with Crippen molar-refractivity contribution in [1.29, 1.82) is 0 Å². The molecule has 6 nitrogen and oxygen atoms in total. The number of hydrogen-bond donors (Lipinski definition) is 0. The van der Waals surface area contributed by atoms with Crippen molar-refractivity contribution in [2.24, 2.45) is 5.92 Å². The summed E-state index contributed by atoms with van der Waals surface area (Å²) < 4.78 is 10.5. The molecule has 1 heterocycles. The summed E-state index contributed by atoms with van der Waals surface area (Å²) >= 11 is 0. The van der Waals surface area contributed by atoms with Gasteiger partial charge >= 0.3 is 5.97 Å². The number of amides is 1. The van der Waals surface area contributed by atoms with Crippen molar-refractivity contribution in [2.75, 3.05) is 24.7 Å². The second-order valence-corrected chi connectivity index (χ2v) is 5.91. The van der Waals surface area contributed by atoms with Crippen molar-refractivity contribution in [3.8, 4) is 5.75 Å². The van der Waals surface area contributed by atoms with Crippen LogP contribution in [0.4, 0.5) is 5.69 Å². The Morgan fingerprint density at radius 3 is 2.74 bits per heavy atom. The molecule has 1 aromatic carbocycles. The largest absolute Gasteiger partial charge is 0.482 e. The van der Waals surface area contributed by atoms with Gasteiger partial charge < -0.3 is 9.47 Å². The fourth-order valence-electron chi connectivity index (χ4n) is 2.18. The van der Waals surface area contributed by atoms with Gasteiger partial charge in [-0.2, -0.15) is 0 Å². The van der Waals surface area contributed by atoms with Crippen LogP contribution in [-0.2, 0) is 14.3 Å². The van der Waals surface area contributed by atoms with E-state index in [0.717, 1.165) is 6.42 Å². The zero-order valence-electron chi connectivity index (χ0n) is 13.6. The van der Waals surface area contributed by atoms with E-state index in [1.165, 1.54) is 11.8 Å². The summed E-state index contributed by atoms with van der Waals surface area (Å²) in [6.45, 7) is 5.53. The molecule has 0 fully saturated rings. The van der Waals surface area contributed by atoms with Gasteiger partial charge in [-0.1, -0.05) is 13.8 Å². The first-order valence-corrected chi connectivity index (χ1v) is 7.62. The number of ketones is 1. The van der Waals surface area contributed by atoms with Crippen molar-refractivity contribution in [3.63, 3.8) is 0 Å². The molecule has 23 heavy (non-hydrogen) atoms. The van der Waals surface area contributed by atoms with Gasteiger partial charge in [0.25, 0.3) is 5.91 Å². The highest BCUT2D eigenvalue weighted by molar-refractivity contribution is 6.03. The van der Waals surface area contributed by atoms with E-state index in [9.17, 15) is 14.4 Å². The highest BCUT2D eigenvalue weighted by atomic mass is 16.5. The van der Waals surface area contributed by atoms with Gasteiger partial charge in [0.1, 0.15) is 12.3 Å². The topological polar surface area (TPSA) is 72.9 Å². The molecule has 0 N–H and O–H groups in total. The van der Waals surface area contributed by atoms with Crippen LogP contribution >= 0.6 is 0 Å². The maximum absolute atomic E-state index is 12.1. The van der Waals surface area contributed by atoms with Gasteiger partial charge in [-0.05, 0) is 37.5 Å². The fraction of sp³-hybridized carbons (Fsp3) is 0.471. The third-order valence-corrected chi connectivity index (χ3v) is 3.55. The lowest BCUT2D eigenvalue weighted by atomic mass is 10.1. The van der Waals surface area contributed by atoms with Crippen LogP contribution in [0.5, 0.6) is 5.75 Å². The maximum Gasteiger partial charge on any atom is 0.326 e. The Morgan fingerprint density at radius 2 is 2.09 bits per heavy atom. The Balaban J connectivity index is 2.12. The summed E-state index contributed by atoms with van der Waals surface area (Å²) in [5.41, 5.74) is 0.884. The normalized spacial score (nSPS) is 13.6. The minimum absolute atomic E-state index is 0.120. The number of rotatable bonds is 6. The van der Waals surface area contributed by atoms with E-state index >= 15 is 0 Å². The van der Waals surface area contributed by atoms with E-state index in [4.69, 9.17) is 9.47 Å². The zero-order valence-corrected chi connectivity index (χ0v) is 13.6. The van der Waals surface area contributed by atoms with Crippen LogP contribution in [0.15, 0.2) is 18.2 Å². The zero-order chi connectivity index (χ0) is 17.0. The Morgan fingerprint density at radius 1 is 1.35 bits per heavy atom. The molecule has 0 atom stereocenters. The highest BCUT2D eigenvalue weighted by Crippen LogP contribution is 2.33. The average Bonchev–Trinajstić information content (AvgIpc) is 2.49. The summed E-state index contributed by atoms with van der Waals surface area (Å²) in [5, 5.41) is 0. The van der Waals surface area contributed by atoms with E-state index in [1.807, 2.05) is 13.8 Å². The quantitative estimate of drug-likeness (QED) is 0.594. The first-order chi connectivity index (χ1) is 10.9. The molecule has 0 radical (unpaired) electrons. The van der Waals surface area contributed by atoms with Crippen LogP contribution in [0.1, 0.15) is 37.6 Å². The summed E-state index contributed by atoms with van der Waals surface area (Å²) in [4.78, 5) is 36.8. The summed E-state index contributed by atoms with van der Waals surface area (Å²) in [6, 6.07) is 4.84. The molecule has 0 saturated heterocycles. The van der Waals surface area contributed by atoms with Crippen molar-refractivity contribution in [1.82, 2.24) is 0 Å². The van der Waals surface area contributed by atoms with E-state index in [0.29, 0.717) is 29.5 Å². The van der Waals surface area contributed by atoms with Gasteiger partial charge in [0.05, 0.1) is 12.3 Å². The summed E-state index contributed by atoms with van der Waals surface area (Å²) in [5.74, 6) is -0.0133. The second-order valence-electron chi connectivity index (χ2n) is 5.91. The molecular weight excluding hydrogens is 298 g/mol. The number of nitrogens with zero attached hydrogens (tertiary/aromatic N) is 1. The molecule has 1 aromatic rings. The minimum atomic E-state index is -0.472. The van der Waals surface area contributed by atoms with E-state index < -0.39 is 5.97 Å². The van der Waals surface area contributed by atoms with Crippen molar-refractivity contribution in [3.05, 3.63) is 23.8 Å². The second kappa shape index (κ2) is 7.26. The van der Waals surface area contributed by atoms with Crippen molar-refractivity contribution < 1.29 is 23.9 Å². The minimum Gasteiger partial charge on any atom is -0.482 e. The molecule has 2 rings (SSSR count). The highest BCUT2D eigenvalue weighted by Gasteiger charge is 2.28. The first-order valence-electron chi connectivity index (χ1n) is 7.62. The molecule has 0 saturated carbocycles. The average molecular weight is 319 g/mol. The lowest BCUT2D eigenvalue weighted by Crippen LogP contribution is -2.42. The molecule has 0 aromatic heterocycles. The lowest BCUT2D eigenvalue weighted by molar-refractivity contribution is -0.143. The molecule has 1 amide bonds. The van der Waals surface area contributed by atoms with Crippen LogP contribution in [-0.4, -0.2) is 37.4 Å². The first kappa shape index (κ1) is 17.0. The van der Waals surface area contributed by atoms with Gasteiger partial charge in [0.2, 0.25) is 0 Å². The molecular formula is C17H21NO5. The molecule has 6 heteroatoms. The Labute approximate surface area is 135 Å². The van der Waals surface area contributed by atoms with Gasteiger partial charge in [-0.25, -0.2) is 0 Å². The molecule has 1 aliphatic rings. The standard InChI is InChI=1S/C17H21NO5/c1-11(2)6-7-22-17(21)9-18-14-8-13(12(3)19)4-5-15(14)23-10-16(18)20/h4-5,8,11H,6-7,9-10H2,1-3H3. The maximum atomic E-state index is 12.1. The lowest BCUT2D eigenvalue weighted by Gasteiger charge is -2.28. The van der Waals surface area contributed by atoms with Gasteiger partial charge in [-0.3, -0.25) is 19.3 Å². The number of carbonyl (C=O) groups excluding carboxylic acids is 3. The van der Waals surface area contributed by atoms with Crippen LogP contribution in [0.3, 0.4) is 0 Å². The molecule has 0 spiro atoms. The Kier molecular flexibility index (Phi) is 5.36. The predicted molar refractivity (Wildman–Crippen MR) is 84.7 cm³/mol. The number of Topliss-reactive ketones (excluding diaryl/α,β-unsaturated/α-hetero) is 1.